The fourth-order valence-electron chi connectivity index (χ4n) is 5.52. The number of allylic oxidation sites excluding steroid dienone is 3. The van der Waals surface area contributed by atoms with Crippen LogP contribution in [0.25, 0.3) is 17.1 Å². The summed E-state index contributed by atoms with van der Waals surface area (Å²) in [6.45, 7) is 7.28. The van der Waals surface area contributed by atoms with E-state index in [4.69, 9.17) is 34.8 Å². The van der Waals surface area contributed by atoms with Crippen molar-refractivity contribution in [3.63, 3.8) is 0 Å². The average molecular weight is 677 g/mol. The van der Waals surface area contributed by atoms with E-state index in [0.717, 1.165) is 33.8 Å². The molecule has 0 spiro atoms. The van der Waals surface area contributed by atoms with Crippen molar-refractivity contribution in [1.82, 2.24) is 4.57 Å². The SMILES string of the molecule is CCn1c(/C=C/C=C2/N(CCCS(=O)(=O)[O-])c3ccc(Cl)cc3C2(C)C)[n+](CCCS(=O)(=O)O)c2cc(Cl)c(Cl)cc21. The quantitative estimate of drug-likeness (QED) is 0.201. The Hall–Kier alpha value is -2.12. The second-order valence-electron chi connectivity index (χ2n) is 10.6. The van der Waals surface area contributed by atoms with E-state index in [9.17, 15) is 25.9 Å². The molecule has 14 heteroatoms. The van der Waals surface area contributed by atoms with Gasteiger partial charge in [0, 0.05) is 58.7 Å². The lowest BCUT2D eigenvalue weighted by Crippen LogP contribution is -2.37. The van der Waals surface area contributed by atoms with Crippen LogP contribution in [-0.4, -0.2) is 48.6 Å². The van der Waals surface area contributed by atoms with Crippen molar-refractivity contribution in [3.8, 4) is 0 Å². The molecule has 0 radical (unpaired) electrons. The van der Waals surface area contributed by atoms with E-state index in [-0.39, 0.29) is 12.8 Å². The summed E-state index contributed by atoms with van der Waals surface area (Å²) in [5, 5.41) is 1.33. The van der Waals surface area contributed by atoms with Gasteiger partial charge >= 0.3 is 0 Å². The number of fused-ring (bicyclic) bond motifs is 2. The predicted octanol–water partition coefficient (Wildman–Crippen LogP) is 5.82. The highest BCUT2D eigenvalue weighted by Gasteiger charge is 2.39. The average Bonchev–Trinajstić information content (AvgIpc) is 3.25. The fraction of sp³-hybridized carbons (Fsp3) is 0.393. The molecule has 1 N–H and O–H groups in total. The first-order chi connectivity index (χ1) is 19.5. The second-order valence-corrected chi connectivity index (χ2v) is 15.0. The van der Waals surface area contributed by atoms with Gasteiger partial charge in [0.2, 0.25) is 0 Å². The van der Waals surface area contributed by atoms with Gasteiger partial charge in [0.25, 0.3) is 15.9 Å². The molecule has 0 saturated carbocycles. The second kappa shape index (κ2) is 12.5. The molecule has 0 aliphatic carbocycles. The normalized spacial score (nSPS) is 16.3. The maximum Gasteiger partial charge on any atom is 0.282 e. The van der Waals surface area contributed by atoms with E-state index < -0.39 is 37.2 Å². The van der Waals surface area contributed by atoms with Gasteiger partial charge in [0.05, 0.1) is 39.0 Å². The third-order valence-corrected chi connectivity index (χ3v) is 9.93. The molecule has 228 valence electrons. The summed E-state index contributed by atoms with van der Waals surface area (Å²) < 4.78 is 69.9. The topological polar surface area (TPSA) is 124 Å². The third-order valence-electron chi connectivity index (χ3n) is 7.38. The lowest BCUT2D eigenvalue weighted by atomic mass is 9.83. The Labute approximate surface area is 261 Å². The molecule has 0 fully saturated rings. The number of halogens is 3. The highest BCUT2D eigenvalue weighted by molar-refractivity contribution is 7.85. The van der Waals surface area contributed by atoms with Gasteiger partial charge in [-0.1, -0.05) is 54.7 Å². The van der Waals surface area contributed by atoms with Gasteiger partial charge in [-0.25, -0.2) is 17.6 Å². The van der Waals surface area contributed by atoms with Crippen molar-refractivity contribution >= 4 is 77.8 Å². The zero-order valence-corrected chi connectivity index (χ0v) is 27.2. The molecule has 1 aliphatic heterocycles. The Morgan fingerprint density at radius 2 is 1.71 bits per heavy atom. The summed E-state index contributed by atoms with van der Waals surface area (Å²) in [4.78, 5) is 2.01. The van der Waals surface area contributed by atoms with Crippen LogP contribution in [0.2, 0.25) is 15.1 Å². The molecular formula is C28H32Cl3N3O6S2. The van der Waals surface area contributed by atoms with E-state index in [0.29, 0.717) is 34.7 Å². The van der Waals surface area contributed by atoms with Crippen molar-refractivity contribution in [2.24, 2.45) is 0 Å². The molecule has 0 atom stereocenters. The van der Waals surface area contributed by atoms with Gasteiger partial charge in [0.1, 0.15) is 0 Å². The number of nitrogens with zero attached hydrogens (tertiary/aromatic N) is 3. The van der Waals surface area contributed by atoms with Crippen molar-refractivity contribution in [2.45, 2.75) is 52.1 Å². The summed E-state index contributed by atoms with van der Waals surface area (Å²) in [5.41, 5.74) is 3.85. The fourth-order valence-corrected chi connectivity index (χ4v) is 6.98. The maximum atomic E-state index is 11.4. The highest BCUT2D eigenvalue weighted by Crippen LogP contribution is 2.48. The molecule has 0 amide bonds. The summed E-state index contributed by atoms with van der Waals surface area (Å²) in [5.74, 6) is -0.101. The van der Waals surface area contributed by atoms with Crippen LogP contribution in [0.1, 0.15) is 45.0 Å². The Kier molecular flexibility index (Phi) is 9.74. The molecule has 4 rings (SSSR count). The van der Waals surface area contributed by atoms with Gasteiger partial charge in [-0.05, 0) is 43.2 Å². The van der Waals surface area contributed by atoms with Gasteiger partial charge in [-0.2, -0.15) is 8.42 Å². The molecule has 0 saturated heterocycles. The zero-order chi connectivity index (χ0) is 31.0. The summed E-state index contributed by atoms with van der Waals surface area (Å²) in [6, 6.07) is 9.06. The molecule has 0 bridgehead atoms. The molecule has 2 aromatic carbocycles. The van der Waals surface area contributed by atoms with E-state index in [1.807, 2.05) is 51.3 Å². The van der Waals surface area contributed by atoms with Crippen LogP contribution < -0.4 is 9.47 Å². The third kappa shape index (κ3) is 7.15. The Morgan fingerprint density at radius 3 is 2.36 bits per heavy atom. The molecule has 1 aromatic heterocycles. The van der Waals surface area contributed by atoms with Gasteiger partial charge in [-0.15, -0.1) is 0 Å². The summed E-state index contributed by atoms with van der Waals surface area (Å²) in [7, 11) is -8.49. The molecule has 1 aliphatic rings. The largest absolute Gasteiger partial charge is 0.748 e. The maximum absolute atomic E-state index is 11.4. The monoisotopic (exact) mass is 675 g/mol. The summed E-state index contributed by atoms with van der Waals surface area (Å²) >= 11 is 19.0. The number of hydrogen-bond acceptors (Lipinski definition) is 6. The van der Waals surface area contributed by atoms with Crippen molar-refractivity contribution in [2.75, 3.05) is 23.0 Å². The van der Waals surface area contributed by atoms with E-state index >= 15 is 0 Å². The first-order valence-electron chi connectivity index (χ1n) is 13.3. The number of aromatic nitrogens is 2. The van der Waals surface area contributed by atoms with Gasteiger partial charge in [-0.3, -0.25) is 4.55 Å². The first kappa shape index (κ1) is 32.8. The first-order valence-corrected chi connectivity index (χ1v) is 17.6. The number of imidazole rings is 1. The molecule has 2 heterocycles. The van der Waals surface area contributed by atoms with E-state index in [2.05, 4.69) is 13.8 Å². The Morgan fingerprint density at radius 1 is 1.02 bits per heavy atom. The van der Waals surface area contributed by atoms with Gasteiger partial charge in [0.15, 0.2) is 11.0 Å². The lowest BCUT2D eigenvalue weighted by molar-refractivity contribution is -0.673. The highest BCUT2D eigenvalue weighted by atomic mass is 35.5. The zero-order valence-electron chi connectivity index (χ0n) is 23.3. The van der Waals surface area contributed by atoms with Crippen LogP contribution in [-0.2, 0) is 38.7 Å². The lowest BCUT2D eigenvalue weighted by Gasteiger charge is -2.27. The number of aryl methyl sites for hydroxylation is 2. The molecule has 9 nitrogen and oxygen atoms in total. The van der Waals surface area contributed by atoms with Crippen LogP contribution in [0, 0.1) is 0 Å². The van der Waals surface area contributed by atoms with Crippen LogP contribution >= 0.6 is 34.8 Å². The van der Waals surface area contributed by atoms with Crippen molar-refractivity contribution in [1.29, 1.82) is 0 Å². The number of hydrogen-bond donors (Lipinski definition) is 1. The molecule has 42 heavy (non-hydrogen) atoms. The number of benzene rings is 2. The van der Waals surface area contributed by atoms with Crippen molar-refractivity contribution in [3.05, 3.63) is 74.6 Å². The molecule has 0 unspecified atom stereocenters. The van der Waals surface area contributed by atoms with E-state index in [1.165, 1.54) is 0 Å². The minimum absolute atomic E-state index is 0.157. The Bertz CT molecular complexity index is 1800. The molecular weight excluding hydrogens is 645 g/mol. The molecule has 3 aromatic rings. The number of anilines is 1. The van der Waals surface area contributed by atoms with Crippen LogP contribution in [0.5, 0.6) is 0 Å². The predicted molar refractivity (Wildman–Crippen MR) is 167 cm³/mol. The minimum atomic E-state index is -4.36. The van der Waals surface area contributed by atoms with Crippen LogP contribution in [0.3, 0.4) is 0 Å². The Balaban J connectivity index is 1.79. The van der Waals surface area contributed by atoms with Crippen LogP contribution in [0.15, 0.2) is 48.2 Å². The van der Waals surface area contributed by atoms with Crippen molar-refractivity contribution < 1.29 is 30.5 Å². The van der Waals surface area contributed by atoms with Gasteiger partial charge < -0.3 is 9.45 Å². The number of rotatable bonds is 11. The van der Waals surface area contributed by atoms with Crippen LogP contribution in [0.4, 0.5) is 5.69 Å². The summed E-state index contributed by atoms with van der Waals surface area (Å²) in [6.07, 6.45) is 6.06. The van der Waals surface area contributed by atoms with E-state index in [1.54, 1.807) is 18.2 Å². The standard InChI is InChI=1S/C28H32Cl3N3O6S2/c1-4-32-24-17-21(30)22(31)18-25(24)34(13-7-15-42(38,39)40)27(32)9-5-8-26-28(2,3)20-16-19(29)10-11-23(20)33(26)12-6-14-41(35,36)37/h5,8-11,16-18H,4,6-7,12-15H2,1-3H3,(H-,35,36,37,38,39,40). The smallest absolute Gasteiger partial charge is 0.282 e. The minimum Gasteiger partial charge on any atom is -0.748 e.